The van der Waals surface area contributed by atoms with Crippen molar-refractivity contribution < 1.29 is 14.3 Å². The minimum atomic E-state index is -0.838. The topological polar surface area (TPSA) is 63.3 Å². The van der Waals surface area contributed by atoms with Gasteiger partial charge >= 0.3 is 5.97 Å². The predicted molar refractivity (Wildman–Crippen MR) is 60.0 cm³/mol. The molecule has 4 heteroatoms. The van der Waals surface area contributed by atoms with Gasteiger partial charge in [-0.15, -0.1) is 0 Å². The van der Waals surface area contributed by atoms with E-state index in [4.69, 9.17) is 9.52 Å². The minimum Gasteiger partial charge on any atom is -0.481 e. The summed E-state index contributed by atoms with van der Waals surface area (Å²) in [6.07, 6.45) is 3.39. The van der Waals surface area contributed by atoms with E-state index in [1.54, 1.807) is 19.1 Å². The fraction of sp³-hybridized carbons (Fsp3) is 0.167. The second kappa shape index (κ2) is 4.18. The van der Waals surface area contributed by atoms with Gasteiger partial charge in [0.2, 0.25) is 0 Å². The van der Waals surface area contributed by atoms with Crippen LogP contribution in [0.1, 0.15) is 17.9 Å². The maximum absolute atomic E-state index is 10.3. The van der Waals surface area contributed by atoms with Crippen LogP contribution in [0.15, 0.2) is 28.7 Å². The number of benzene rings is 1. The van der Waals surface area contributed by atoms with Crippen LogP contribution >= 0.6 is 0 Å². The number of carboxylic acids is 1. The quantitative estimate of drug-likeness (QED) is 0.858. The number of fused-ring (bicyclic) bond motifs is 1. The highest BCUT2D eigenvalue weighted by atomic mass is 16.4. The first-order valence-corrected chi connectivity index (χ1v) is 4.91. The van der Waals surface area contributed by atoms with E-state index in [9.17, 15) is 4.79 Å². The average molecular weight is 217 g/mol. The zero-order valence-corrected chi connectivity index (χ0v) is 8.80. The van der Waals surface area contributed by atoms with Gasteiger partial charge in [-0.3, -0.25) is 4.79 Å². The van der Waals surface area contributed by atoms with Gasteiger partial charge in [0, 0.05) is 6.92 Å². The molecule has 82 valence electrons. The first kappa shape index (κ1) is 10.4. The van der Waals surface area contributed by atoms with Crippen molar-refractivity contribution in [3.63, 3.8) is 0 Å². The highest BCUT2D eigenvalue weighted by molar-refractivity contribution is 5.77. The summed E-state index contributed by atoms with van der Waals surface area (Å²) in [4.78, 5) is 14.5. The van der Waals surface area contributed by atoms with E-state index in [1.165, 1.54) is 0 Å². The zero-order valence-electron chi connectivity index (χ0n) is 8.80. The molecule has 1 aromatic carbocycles. The van der Waals surface area contributed by atoms with Crippen molar-refractivity contribution in [2.75, 3.05) is 0 Å². The number of oxazole rings is 1. The van der Waals surface area contributed by atoms with Crippen LogP contribution in [0.5, 0.6) is 0 Å². The van der Waals surface area contributed by atoms with Crippen molar-refractivity contribution in [1.82, 2.24) is 4.98 Å². The number of hydrogen-bond donors (Lipinski definition) is 1. The van der Waals surface area contributed by atoms with Crippen LogP contribution in [-0.4, -0.2) is 16.1 Å². The third-order valence-electron chi connectivity index (χ3n) is 2.12. The number of hydrogen-bond acceptors (Lipinski definition) is 3. The molecule has 0 radical (unpaired) electrons. The number of carbonyl (C=O) groups is 1. The second-order valence-corrected chi connectivity index (χ2v) is 3.46. The number of carboxylic acid groups (broad SMARTS) is 1. The molecule has 0 amide bonds. The Kier molecular flexibility index (Phi) is 2.72. The SMILES string of the molecule is Cc1nc2cc(C=CCC(=O)O)ccc2o1. The Morgan fingerprint density at radius 1 is 1.56 bits per heavy atom. The first-order chi connectivity index (χ1) is 7.65. The molecule has 2 aromatic rings. The van der Waals surface area contributed by atoms with Gasteiger partial charge in [0.1, 0.15) is 5.52 Å². The number of nitrogens with zero attached hydrogens (tertiary/aromatic N) is 1. The molecule has 0 aliphatic carbocycles. The normalized spacial score (nSPS) is 11.3. The largest absolute Gasteiger partial charge is 0.481 e. The molecule has 0 aliphatic rings. The number of aryl methyl sites for hydroxylation is 1. The smallest absolute Gasteiger partial charge is 0.307 e. The summed E-state index contributed by atoms with van der Waals surface area (Å²) in [5.41, 5.74) is 2.45. The van der Waals surface area contributed by atoms with Gasteiger partial charge < -0.3 is 9.52 Å². The second-order valence-electron chi connectivity index (χ2n) is 3.46. The monoisotopic (exact) mass is 217 g/mol. The lowest BCUT2D eigenvalue weighted by atomic mass is 10.2. The Hall–Kier alpha value is -2.10. The molecular weight excluding hydrogens is 206 g/mol. The van der Waals surface area contributed by atoms with Crippen LogP contribution in [0.3, 0.4) is 0 Å². The van der Waals surface area contributed by atoms with E-state index >= 15 is 0 Å². The van der Waals surface area contributed by atoms with Gasteiger partial charge in [0.15, 0.2) is 11.5 Å². The van der Waals surface area contributed by atoms with E-state index in [1.807, 2.05) is 18.2 Å². The maximum Gasteiger partial charge on any atom is 0.307 e. The molecule has 0 bridgehead atoms. The van der Waals surface area contributed by atoms with Crippen molar-refractivity contribution >= 4 is 23.1 Å². The standard InChI is InChI=1S/C12H11NO3/c1-8-13-10-7-9(3-2-4-12(14)15)5-6-11(10)16-8/h2-3,5-7H,4H2,1H3,(H,14,15). The third-order valence-corrected chi connectivity index (χ3v) is 2.12. The molecule has 2 rings (SSSR count). The van der Waals surface area contributed by atoms with Crippen LogP contribution in [0.2, 0.25) is 0 Å². The molecule has 0 aliphatic heterocycles. The number of aliphatic carboxylic acids is 1. The molecule has 0 atom stereocenters. The van der Waals surface area contributed by atoms with Gasteiger partial charge in [-0.1, -0.05) is 18.2 Å². The highest BCUT2D eigenvalue weighted by Gasteiger charge is 2.01. The van der Waals surface area contributed by atoms with Gasteiger partial charge in [0.05, 0.1) is 6.42 Å². The number of aromatic nitrogens is 1. The van der Waals surface area contributed by atoms with Gasteiger partial charge in [-0.25, -0.2) is 4.98 Å². The average Bonchev–Trinajstić information content (AvgIpc) is 2.56. The summed E-state index contributed by atoms with van der Waals surface area (Å²) in [7, 11) is 0. The first-order valence-electron chi connectivity index (χ1n) is 4.91. The molecule has 0 saturated carbocycles. The molecule has 0 fully saturated rings. The van der Waals surface area contributed by atoms with Gasteiger partial charge in [0.25, 0.3) is 0 Å². The van der Waals surface area contributed by atoms with E-state index in [0.29, 0.717) is 5.89 Å². The zero-order chi connectivity index (χ0) is 11.5. The molecule has 0 unspecified atom stereocenters. The Morgan fingerprint density at radius 2 is 2.38 bits per heavy atom. The lowest BCUT2D eigenvalue weighted by molar-refractivity contribution is -0.135. The summed E-state index contributed by atoms with van der Waals surface area (Å²) < 4.78 is 5.34. The number of rotatable bonds is 3. The molecule has 0 saturated heterocycles. The maximum atomic E-state index is 10.3. The van der Waals surface area contributed by atoms with Crippen molar-refractivity contribution in [2.24, 2.45) is 0 Å². The molecule has 1 heterocycles. The summed E-state index contributed by atoms with van der Waals surface area (Å²) >= 11 is 0. The molecule has 0 spiro atoms. The third kappa shape index (κ3) is 2.28. The molecule has 1 aromatic heterocycles. The van der Waals surface area contributed by atoms with Crippen LogP contribution in [-0.2, 0) is 4.79 Å². The Balaban J connectivity index is 2.25. The van der Waals surface area contributed by atoms with Crippen LogP contribution in [0.4, 0.5) is 0 Å². The molecule has 16 heavy (non-hydrogen) atoms. The van der Waals surface area contributed by atoms with Crippen molar-refractivity contribution in [3.8, 4) is 0 Å². The van der Waals surface area contributed by atoms with E-state index < -0.39 is 5.97 Å². The summed E-state index contributed by atoms with van der Waals surface area (Å²) in [6, 6.07) is 5.56. The van der Waals surface area contributed by atoms with Crippen LogP contribution < -0.4 is 0 Å². The van der Waals surface area contributed by atoms with E-state index in [2.05, 4.69) is 4.98 Å². The Bertz CT molecular complexity index is 554. The molecular formula is C12H11NO3. The fourth-order valence-electron chi connectivity index (χ4n) is 1.46. The molecule has 4 nitrogen and oxygen atoms in total. The predicted octanol–water partition coefficient (Wildman–Crippen LogP) is 2.62. The van der Waals surface area contributed by atoms with Crippen LogP contribution in [0.25, 0.3) is 17.2 Å². The lowest BCUT2D eigenvalue weighted by Crippen LogP contribution is -1.89. The Morgan fingerprint density at radius 3 is 3.12 bits per heavy atom. The summed E-state index contributed by atoms with van der Waals surface area (Å²) in [5, 5.41) is 8.49. The lowest BCUT2D eigenvalue weighted by Gasteiger charge is -1.91. The van der Waals surface area contributed by atoms with Crippen molar-refractivity contribution in [2.45, 2.75) is 13.3 Å². The van der Waals surface area contributed by atoms with Crippen molar-refractivity contribution in [3.05, 3.63) is 35.7 Å². The highest BCUT2D eigenvalue weighted by Crippen LogP contribution is 2.17. The van der Waals surface area contributed by atoms with E-state index in [0.717, 1.165) is 16.7 Å². The van der Waals surface area contributed by atoms with E-state index in [-0.39, 0.29) is 6.42 Å². The van der Waals surface area contributed by atoms with Gasteiger partial charge in [-0.05, 0) is 17.7 Å². The Labute approximate surface area is 92.2 Å². The van der Waals surface area contributed by atoms with Crippen LogP contribution in [0, 0.1) is 6.92 Å². The summed E-state index contributed by atoms with van der Waals surface area (Å²) in [5.74, 6) is -0.212. The van der Waals surface area contributed by atoms with Gasteiger partial charge in [-0.2, -0.15) is 0 Å². The molecule has 1 N–H and O–H groups in total. The fourth-order valence-corrected chi connectivity index (χ4v) is 1.46. The summed E-state index contributed by atoms with van der Waals surface area (Å²) in [6.45, 7) is 1.79. The minimum absolute atomic E-state index is 0.0237. The van der Waals surface area contributed by atoms with Crippen molar-refractivity contribution in [1.29, 1.82) is 0 Å².